The summed E-state index contributed by atoms with van der Waals surface area (Å²) in [5.74, 6) is -1.01. The molecule has 1 atom stereocenters. The molecule has 0 aliphatic carbocycles. The number of hydrogen-bond donors (Lipinski definition) is 0. The fourth-order valence-electron chi connectivity index (χ4n) is 3.12. The second-order valence-corrected chi connectivity index (χ2v) is 7.65. The summed E-state index contributed by atoms with van der Waals surface area (Å²) in [5.41, 5.74) is 2.01. The molecule has 1 aliphatic rings. The van der Waals surface area contributed by atoms with Gasteiger partial charge in [0.1, 0.15) is 5.82 Å². The maximum Gasteiger partial charge on any atom is 0.393 e. The summed E-state index contributed by atoms with van der Waals surface area (Å²) in [4.78, 5) is 13.7. The SMILES string of the molecule is Cc1ccc(-n2c(C)nnc2SCC(=O)N2CCCC(C(F)(F)F)C2)cc1. The second kappa shape index (κ2) is 7.92. The van der Waals surface area contributed by atoms with E-state index in [-0.39, 0.29) is 24.6 Å². The molecule has 146 valence electrons. The van der Waals surface area contributed by atoms with E-state index in [1.807, 2.05) is 42.7 Å². The number of carbonyl (C=O) groups is 1. The summed E-state index contributed by atoms with van der Waals surface area (Å²) >= 11 is 1.19. The molecule has 5 nitrogen and oxygen atoms in total. The van der Waals surface area contributed by atoms with Crippen LogP contribution in [0.2, 0.25) is 0 Å². The van der Waals surface area contributed by atoms with Gasteiger partial charge < -0.3 is 4.90 Å². The standard InChI is InChI=1S/C18H21F3N4OS/c1-12-5-7-15(8-6-12)25-13(2)22-23-17(25)27-11-16(26)24-9-3-4-14(10-24)18(19,20)21/h5-8,14H,3-4,9-11H2,1-2H3. The summed E-state index contributed by atoms with van der Waals surface area (Å²) in [6, 6.07) is 7.82. The maximum atomic E-state index is 12.9. The first-order valence-corrected chi connectivity index (χ1v) is 9.70. The zero-order valence-corrected chi connectivity index (χ0v) is 16.0. The van der Waals surface area contributed by atoms with Gasteiger partial charge in [-0.3, -0.25) is 9.36 Å². The van der Waals surface area contributed by atoms with Crippen LogP contribution in [0.5, 0.6) is 0 Å². The van der Waals surface area contributed by atoms with Gasteiger partial charge in [-0.05, 0) is 38.8 Å². The molecule has 9 heteroatoms. The lowest BCUT2D eigenvalue weighted by Gasteiger charge is -2.33. The number of piperidine rings is 1. The highest BCUT2D eigenvalue weighted by atomic mass is 32.2. The van der Waals surface area contributed by atoms with Gasteiger partial charge in [-0.15, -0.1) is 10.2 Å². The van der Waals surface area contributed by atoms with E-state index in [1.54, 1.807) is 0 Å². The second-order valence-electron chi connectivity index (χ2n) is 6.71. The van der Waals surface area contributed by atoms with Crippen molar-refractivity contribution in [1.29, 1.82) is 0 Å². The van der Waals surface area contributed by atoms with Crippen molar-refractivity contribution in [1.82, 2.24) is 19.7 Å². The Kier molecular flexibility index (Phi) is 5.78. The number of aromatic nitrogens is 3. The highest BCUT2D eigenvalue weighted by Crippen LogP contribution is 2.33. The first kappa shape index (κ1) is 19.7. The Bertz CT molecular complexity index is 804. The molecule has 27 heavy (non-hydrogen) atoms. The third kappa shape index (κ3) is 4.63. The molecular formula is C18H21F3N4OS. The highest BCUT2D eigenvalue weighted by Gasteiger charge is 2.42. The van der Waals surface area contributed by atoms with Gasteiger partial charge in [0.15, 0.2) is 5.16 Å². The Hall–Kier alpha value is -2.03. The lowest BCUT2D eigenvalue weighted by Crippen LogP contribution is -2.45. The molecule has 2 heterocycles. The molecule has 3 rings (SSSR count). The third-order valence-corrected chi connectivity index (χ3v) is 5.56. The van der Waals surface area contributed by atoms with Gasteiger partial charge >= 0.3 is 6.18 Å². The summed E-state index contributed by atoms with van der Waals surface area (Å²) in [6.07, 6.45) is -3.80. The Balaban J connectivity index is 1.67. The first-order chi connectivity index (χ1) is 12.8. The van der Waals surface area contributed by atoms with Crippen LogP contribution in [-0.2, 0) is 4.79 Å². The number of nitrogens with zero attached hydrogens (tertiary/aromatic N) is 4. The van der Waals surface area contributed by atoms with E-state index in [0.29, 0.717) is 23.9 Å². The van der Waals surface area contributed by atoms with E-state index in [2.05, 4.69) is 10.2 Å². The van der Waals surface area contributed by atoms with Gasteiger partial charge in [0.05, 0.1) is 11.7 Å². The largest absolute Gasteiger partial charge is 0.393 e. The molecule has 1 aromatic heterocycles. The summed E-state index contributed by atoms with van der Waals surface area (Å²) in [6.45, 7) is 3.92. The molecule has 1 amide bonds. The van der Waals surface area contributed by atoms with Crippen LogP contribution in [0.4, 0.5) is 13.2 Å². The smallest absolute Gasteiger partial charge is 0.341 e. The predicted octanol–water partition coefficient (Wildman–Crippen LogP) is 3.78. The number of alkyl halides is 3. The minimum absolute atomic E-state index is 0.0363. The van der Waals surface area contributed by atoms with Crippen molar-refractivity contribution in [3.63, 3.8) is 0 Å². The average molecular weight is 398 g/mol. The Morgan fingerprint density at radius 2 is 1.93 bits per heavy atom. The fraction of sp³-hybridized carbons (Fsp3) is 0.500. The number of aryl methyl sites for hydroxylation is 2. The van der Waals surface area contributed by atoms with Crippen LogP contribution < -0.4 is 0 Å². The Morgan fingerprint density at radius 1 is 1.22 bits per heavy atom. The highest BCUT2D eigenvalue weighted by molar-refractivity contribution is 7.99. The van der Waals surface area contributed by atoms with E-state index >= 15 is 0 Å². The molecule has 1 fully saturated rings. The molecule has 1 aliphatic heterocycles. The van der Waals surface area contributed by atoms with Crippen molar-refractivity contribution in [3.8, 4) is 5.69 Å². The van der Waals surface area contributed by atoms with Gasteiger partial charge in [0.2, 0.25) is 5.91 Å². The zero-order chi connectivity index (χ0) is 19.6. The van der Waals surface area contributed by atoms with Crippen LogP contribution in [0.1, 0.15) is 24.2 Å². The minimum atomic E-state index is -4.26. The lowest BCUT2D eigenvalue weighted by molar-refractivity contribution is -0.187. The first-order valence-electron chi connectivity index (χ1n) is 8.72. The average Bonchev–Trinajstić information content (AvgIpc) is 3.00. The zero-order valence-electron chi connectivity index (χ0n) is 15.2. The van der Waals surface area contributed by atoms with Gasteiger partial charge in [-0.25, -0.2) is 0 Å². The van der Waals surface area contributed by atoms with Gasteiger partial charge in [0.25, 0.3) is 0 Å². The van der Waals surface area contributed by atoms with Crippen LogP contribution in [0.15, 0.2) is 29.4 Å². The number of thioether (sulfide) groups is 1. The van der Waals surface area contributed by atoms with Crippen LogP contribution in [0, 0.1) is 19.8 Å². The molecule has 1 unspecified atom stereocenters. The number of likely N-dealkylation sites (tertiary alicyclic amines) is 1. The van der Waals surface area contributed by atoms with Crippen LogP contribution in [0.25, 0.3) is 5.69 Å². The summed E-state index contributed by atoms with van der Waals surface area (Å²) in [7, 11) is 0. The molecule has 0 saturated carbocycles. The maximum absolute atomic E-state index is 12.9. The van der Waals surface area contributed by atoms with Gasteiger partial charge in [0, 0.05) is 18.8 Å². The predicted molar refractivity (Wildman–Crippen MR) is 96.9 cm³/mol. The van der Waals surface area contributed by atoms with Gasteiger partial charge in [-0.1, -0.05) is 29.5 Å². The molecule has 0 bridgehead atoms. The van der Waals surface area contributed by atoms with E-state index in [1.165, 1.54) is 16.7 Å². The molecule has 0 spiro atoms. The third-order valence-electron chi connectivity index (χ3n) is 4.65. The molecule has 1 aromatic carbocycles. The van der Waals surface area contributed by atoms with Crippen molar-refractivity contribution in [2.24, 2.45) is 5.92 Å². The van der Waals surface area contributed by atoms with E-state index < -0.39 is 12.1 Å². The molecule has 1 saturated heterocycles. The van der Waals surface area contributed by atoms with E-state index in [0.717, 1.165) is 11.3 Å². The Morgan fingerprint density at radius 3 is 2.59 bits per heavy atom. The van der Waals surface area contributed by atoms with Crippen LogP contribution in [0.3, 0.4) is 0 Å². The van der Waals surface area contributed by atoms with Crippen molar-refractivity contribution >= 4 is 17.7 Å². The lowest BCUT2D eigenvalue weighted by atomic mass is 9.97. The van der Waals surface area contributed by atoms with Crippen molar-refractivity contribution in [3.05, 3.63) is 35.7 Å². The normalized spacial score (nSPS) is 18.0. The number of hydrogen-bond acceptors (Lipinski definition) is 4. The number of rotatable bonds is 4. The Labute approximate surface area is 160 Å². The molecule has 0 radical (unpaired) electrons. The minimum Gasteiger partial charge on any atom is -0.341 e. The fourth-order valence-corrected chi connectivity index (χ4v) is 4.02. The van der Waals surface area contributed by atoms with Crippen LogP contribution in [-0.4, -0.2) is 50.6 Å². The summed E-state index contributed by atoms with van der Waals surface area (Å²) < 4.78 is 40.6. The van der Waals surface area contributed by atoms with Crippen LogP contribution >= 0.6 is 11.8 Å². The molecular weight excluding hydrogens is 377 g/mol. The number of benzene rings is 1. The van der Waals surface area contributed by atoms with Crippen molar-refractivity contribution in [2.45, 2.75) is 38.0 Å². The van der Waals surface area contributed by atoms with E-state index in [9.17, 15) is 18.0 Å². The van der Waals surface area contributed by atoms with E-state index in [4.69, 9.17) is 0 Å². The topological polar surface area (TPSA) is 51.0 Å². The number of amides is 1. The van der Waals surface area contributed by atoms with Crippen molar-refractivity contribution < 1.29 is 18.0 Å². The quantitative estimate of drug-likeness (QED) is 0.736. The summed E-state index contributed by atoms with van der Waals surface area (Å²) in [5, 5.41) is 8.73. The molecule has 0 N–H and O–H groups in total. The van der Waals surface area contributed by atoms with Gasteiger partial charge in [-0.2, -0.15) is 13.2 Å². The van der Waals surface area contributed by atoms with Crippen molar-refractivity contribution in [2.75, 3.05) is 18.8 Å². The number of carbonyl (C=O) groups excluding carboxylic acids is 1. The molecule has 2 aromatic rings. The monoisotopic (exact) mass is 398 g/mol. The number of halogens is 3.